The number of nitrogens with one attached hydrogen (secondary N) is 2. The molecule has 0 aromatic carbocycles. The quantitative estimate of drug-likeness (QED) is 0.370. The van der Waals surface area contributed by atoms with E-state index in [0.29, 0.717) is 26.2 Å². The molecule has 34 heavy (non-hydrogen) atoms. The Hall–Kier alpha value is -1.75. The van der Waals surface area contributed by atoms with Gasteiger partial charge in [-0.25, -0.2) is 14.4 Å². The van der Waals surface area contributed by atoms with Gasteiger partial charge in [-0.2, -0.15) is 0 Å². The summed E-state index contributed by atoms with van der Waals surface area (Å²) in [5.74, 6) is -5.71. The molecule has 0 atom stereocenters. The molecule has 0 radical (unpaired) electrons. The van der Waals surface area contributed by atoms with Crippen molar-refractivity contribution in [2.75, 3.05) is 45.8 Å². The number of carboxylic acids is 3. The van der Waals surface area contributed by atoms with E-state index in [9.17, 15) is 29.7 Å². The number of aliphatic carboxylic acids is 3. The van der Waals surface area contributed by atoms with Crippen LogP contribution < -0.4 is 10.6 Å². The fraction of sp³-hybridized carbons (Fsp3) is 0.875. The summed E-state index contributed by atoms with van der Waals surface area (Å²) < 4.78 is 0. The fourth-order valence-electron chi connectivity index (χ4n) is 5.75. The number of nitrogens with zero attached hydrogens (tertiary/aromatic N) is 2. The van der Waals surface area contributed by atoms with Crippen LogP contribution in [0.1, 0.15) is 62.3 Å². The highest BCUT2D eigenvalue weighted by atomic mass is 16.4. The molecule has 1 fully saturated rings. The van der Waals surface area contributed by atoms with Crippen molar-refractivity contribution in [2.45, 2.75) is 78.9 Å². The van der Waals surface area contributed by atoms with Gasteiger partial charge in [-0.15, -0.1) is 0 Å². The summed E-state index contributed by atoms with van der Waals surface area (Å²) in [6.07, 6.45) is 0. The standard InChI is InChI=1S/C24H46N4O6/c1-20(2,3)23(21(4,5)6)16-27(24(17(29)30,18(31)32)19(33)34)14-12-25-10-11-26-13-15-28(23)22(7,8)9/h25-26H,10-16H2,1-9H3,(H,29,30)(H,31,32)(H,33,34). The van der Waals surface area contributed by atoms with Crippen molar-refractivity contribution < 1.29 is 29.7 Å². The van der Waals surface area contributed by atoms with E-state index in [1.54, 1.807) is 0 Å². The average Bonchev–Trinajstić information content (AvgIpc) is 2.59. The lowest BCUT2D eigenvalue weighted by atomic mass is 9.57. The third-order valence-corrected chi connectivity index (χ3v) is 7.12. The zero-order valence-electron chi connectivity index (χ0n) is 22.4. The van der Waals surface area contributed by atoms with Gasteiger partial charge in [0.2, 0.25) is 0 Å². The first kappa shape index (κ1) is 30.3. The van der Waals surface area contributed by atoms with Gasteiger partial charge in [0.1, 0.15) is 0 Å². The molecule has 1 saturated heterocycles. The van der Waals surface area contributed by atoms with Crippen molar-refractivity contribution in [2.24, 2.45) is 10.8 Å². The molecule has 0 spiro atoms. The molecule has 198 valence electrons. The van der Waals surface area contributed by atoms with Crippen molar-refractivity contribution in [3.63, 3.8) is 0 Å². The molecule has 1 aliphatic rings. The molecule has 1 rings (SSSR count). The Morgan fingerprint density at radius 1 is 0.676 bits per heavy atom. The van der Waals surface area contributed by atoms with Gasteiger partial charge in [-0.1, -0.05) is 41.5 Å². The van der Waals surface area contributed by atoms with Crippen LogP contribution in [0.2, 0.25) is 0 Å². The zero-order chi connectivity index (χ0) is 26.8. The van der Waals surface area contributed by atoms with E-state index in [1.165, 1.54) is 0 Å². The first-order valence-electron chi connectivity index (χ1n) is 11.9. The second-order valence-corrected chi connectivity index (χ2v) is 12.2. The van der Waals surface area contributed by atoms with E-state index >= 15 is 0 Å². The Balaban J connectivity index is 4.05. The summed E-state index contributed by atoms with van der Waals surface area (Å²) in [5.41, 5.74) is -5.29. The Kier molecular flexibility index (Phi) is 9.33. The normalized spacial score (nSPS) is 20.7. The van der Waals surface area contributed by atoms with E-state index in [0.717, 1.165) is 4.90 Å². The molecular formula is C24H46N4O6. The van der Waals surface area contributed by atoms with Gasteiger partial charge >= 0.3 is 23.4 Å². The smallest absolute Gasteiger partial charge is 0.347 e. The minimum atomic E-state index is -3.12. The molecule has 0 saturated carbocycles. The Morgan fingerprint density at radius 3 is 1.38 bits per heavy atom. The van der Waals surface area contributed by atoms with Crippen LogP contribution >= 0.6 is 0 Å². The lowest BCUT2D eigenvalue weighted by molar-refractivity contribution is -0.189. The van der Waals surface area contributed by atoms with Gasteiger partial charge in [0.15, 0.2) is 0 Å². The third-order valence-electron chi connectivity index (χ3n) is 7.12. The highest BCUT2D eigenvalue weighted by Gasteiger charge is 2.64. The number of hydrogen-bond acceptors (Lipinski definition) is 7. The summed E-state index contributed by atoms with van der Waals surface area (Å²) in [7, 11) is 0. The molecule has 0 aliphatic carbocycles. The fourth-order valence-corrected chi connectivity index (χ4v) is 5.75. The van der Waals surface area contributed by atoms with Crippen LogP contribution in [0.5, 0.6) is 0 Å². The predicted octanol–water partition coefficient (Wildman–Crippen LogP) is 1.41. The summed E-state index contributed by atoms with van der Waals surface area (Å²) >= 11 is 0. The maximum Gasteiger partial charge on any atom is 0.347 e. The van der Waals surface area contributed by atoms with E-state index in [4.69, 9.17) is 0 Å². The molecule has 0 aromatic rings. The molecule has 1 heterocycles. The number of hydrogen-bond donors (Lipinski definition) is 5. The van der Waals surface area contributed by atoms with Crippen molar-refractivity contribution in [1.82, 2.24) is 20.4 Å². The van der Waals surface area contributed by atoms with Crippen LogP contribution in [0.4, 0.5) is 0 Å². The number of carbonyl (C=O) groups is 3. The van der Waals surface area contributed by atoms with Gasteiger partial charge in [0.05, 0.1) is 0 Å². The van der Waals surface area contributed by atoms with Gasteiger partial charge < -0.3 is 26.0 Å². The maximum absolute atomic E-state index is 12.4. The van der Waals surface area contributed by atoms with Crippen LogP contribution in [-0.2, 0) is 14.4 Å². The van der Waals surface area contributed by atoms with Crippen molar-refractivity contribution in [1.29, 1.82) is 0 Å². The molecule has 5 N–H and O–H groups in total. The third kappa shape index (κ3) is 5.56. The van der Waals surface area contributed by atoms with Crippen molar-refractivity contribution >= 4 is 17.9 Å². The van der Waals surface area contributed by atoms with E-state index in [1.807, 2.05) is 0 Å². The van der Waals surface area contributed by atoms with E-state index in [-0.39, 0.29) is 25.2 Å². The maximum atomic E-state index is 12.4. The molecule has 1 aliphatic heterocycles. The zero-order valence-corrected chi connectivity index (χ0v) is 22.4. The molecule has 10 nitrogen and oxygen atoms in total. The minimum Gasteiger partial charge on any atom is -0.479 e. The van der Waals surface area contributed by atoms with Crippen LogP contribution in [0.3, 0.4) is 0 Å². The minimum absolute atomic E-state index is 0.0587. The van der Waals surface area contributed by atoms with Crippen molar-refractivity contribution in [3.8, 4) is 0 Å². The molecule has 0 amide bonds. The SMILES string of the molecule is CC(C)(C)N1CCNCCNCCN(C(C(=O)O)(C(=O)O)C(=O)O)CC1(C(C)(C)C)C(C)(C)C. The van der Waals surface area contributed by atoms with E-state index < -0.39 is 39.8 Å². The Bertz CT molecular complexity index is 698. The molecule has 0 aromatic heterocycles. The Labute approximate surface area is 204 Å². The molecule has 0 bridgehead atoms. The number of carboxylic acid groups (broad SMARTS) is 3. The summed E-state index contributed by atoms with van der Waals surface area (Å²) in [6, 6.07) is 0. The van der Waals surface area contributed by atoms with Gasteiger partial charge in [-0.3, -0.25) is 9.80 Å². The van der Waals surface area contributed by atoms with Crippen LogP contribution in [0.15, 0.2) is 0 Å². The first-order chi connectivity index (χ1) is 15.3. The van der Waals surface area contributed by atoms with Gasteiger partial charge in [0, 0.05) is 56.9 Å². The average molecular weight is 487 g/mol. The molecule has 10 heteroatoms. The number of rotatable bonds is 4. The first-order valence-corrected chi connectivity index (χ1v) is 11.9. The topological polar surface area (TPSA) is 142 Å². The second-order valence-electron chi connectivity index (χ2n) is 12.2. The Morgan fingerprint density at radius 2 is 1.06 bits per heavy atom. The highest BCUT2D eigenvalue weighted by Crippen LogP contribution is 2.51. The van der Waals surface area contributed by atoms with E-state index in [2.05, 4.69) is 77.8 Å². The lowest BCUT2D eigenvalue weighted by Gasteiger charge is -2.65. The van der Waals surface area contributed by atoms with Gasteiger partial charge in [-0.05, 0) is 31.6 Å². The summed E-state index contributed by atoms with van der Waals surface area (Å²) in [6.45, 7) is 21.2. The monoisotopic (exact) mass is 486 g/mol. The highest BCUT2D eigenvalue weighted by molar-refractivity contribution is 6.21. The van der Waals surface area contributed by atoms with Crippen LogP contribution in [-0.4, -0.2) is 105 Å². The predicted molar refractivity (Wildman–Crippen MR) is 131 cm³/mol. The molecular weight excluding hydrogens is 440 g/mol. The van der Waals surface area contributed by atoms with Gasteiger partial charge in [0.25, 0.3) is 0 Å². The van der Waals surface area contributed by atoms with Crippen LogP contribution in [0.25, 0.3) is 0 Å². The molecule has 0 unspecified atom stereocenters. The summed E-state index contributed by atoms with van der Waals surface area (Å²) in [4.78, 5) is 40.7. The second kappa shape index (κ2) is 10.5. The van der Waals surface area contributed by atoms with Crippen molar-refractivity contribution in [3.05, 3.63) is 0 Å². The lowest BCUT2D eigenvalue weighted by Crippen LogP contribution is -2.77. The van der Waals surface area contributed by atoms with Crippen LogP contribution in [0, 0.1) is 10.8 Å². The summed E-state index contributed by atoms with van der Waals surface area (Å²) in [5, 5.41) is 36.8. The largest absolute Gasteiger partial charge is 0.479 e.